The Labute approximate surface area is 180 Å². The van der Waals surface area contributed by atoms with Crippen molar-refractivity contribution in [3.05, 3.63) is 35.6 Å². The van der Waals surface area contributed by atoms with Crippen LogP contribution in [0.3, 0.4) is 0 Å². The highest BCUT2D eigenvalue weighted by atomic mass is 127. The van der Waals surface area contributed by atoms with E-state index in [4.69, 9.17) is 0 Å². The monoisotopic (exact) mass is 517 g/mol. The third kappa shape index (κ3) is 8.08. The maximum Gasteiger partial charge on any atom is 0.401 e. The average molecular weight is 517 g/mol. The van der Waals surface area contributed by atoms with Gasteiger partial charge in [-0.25, -0.2) is 4.39 Å². The van der Waals surface area contributed by atoms with E-state index in [-0.39, 0.29) is 41.9 Å². The van der Waals surface area contributed by atoms with Crippen molar-refractivity contribution in [1.82, 2.24) is 20.4 Å². The Balaban J connectivity index is 0.00000392. The van der Waals surface area contributed by atoms with Crippen LogP contribution in [0.25, 0.3) is 0 Å². The van der Waals surface area contributed by atoms with Gasteiger partial charge < -0.3 is 15.5 Å². The summed E-state index contributed by atoms with van der Waals surface area (Å²) < 4.78 is 51.0. The fourth-order valence-electron chi connectivity index (χ4n) is 3.24. The number of alkyl halides is 3. The van der Waals surface area contributed by atoms with E-state index in [1.165, 1.54) is 17.0 Å². The lowest BCUT2D eigenvalue weighted by Crippen LogP contribution is -2.47. The van der Waals surface area contributed by atoms with Gasteiger partial charge in [0.05, 0.1) is 12.6 Å². The molecule has 1 aromatic carbocycles. The van der Waals surface area contributed by atoms with Gasteiger partial charge in [-0.3, -0.25) is 9.89 Å². The number of halogens is 5. The van der Waals surface area contributed by atoms with Gasteiger partial charge in [-0.15, -0.1) is 24.0 Å². The molecule has 1 aliphatic heterocycles. The summed E-state index contributed by atoms with van der Waals surface area (Å²) in [5.41, 5.74) is 0.833. The summed E-state index contributed by atoms with van der Waals surface area (Å²) in [5, 5.41) is 6.37. The molecule has 1 aliphatic rings. The highest BCUT2D eigenvalue weighted by Crippen LogP contribution is 2.20. The zero-order valence-corrected chi connectivity index (χ0v) is 18.6. The number of hydrogen-bond acceptors (Lipinski definition) is 3. The quantitative estimate of drug-likeness (QED) is 0.264. The molecule has 10 heteroatoms. The minimum Gasteiger partial charge on any atom is -0.354 e. The van der Waals surface area contributed by atoms with Gasteiger partial charge in [0, 0.05) is 32.7 Å². The Hall–Kier alpha value is -1.14. The lowest BCUT2D eigenvalue weighted by atomic mass is 10.1. The Morgan fingerprint density at radius 3 is 2.64 bits per heavy atom. The molecular weight excluding hydrogens is 489 g/mol. The van der Waals surface area contributed by atoms with Crippen LogP contribution in [-0.4, -0.2) is 75.3 Å². The topological polar surface area (TPSA) is 42.9 Å². The summed E-state index contributed by atoms with van der Waals surface area (Å²) in [5.74, 6) is 0.231. The summed E-state index contributed by atoms with van der Waals surface area (Å²) in [7, 11) is 5.42. The zero-order valence-electron chi connectivity index (χ0n) is 16.3. The normalized spacial score (nSPS) is 19.4. The maximum atomic E-state index is 13.5. The van der Waals surface area contributed by atoms with Gasteiger partial charge in [-0.05, 0) is 38.2 Å². The van der Waals surface area contributed by atoms with Crippen molar-refractivity contribution in [2.45, 2.75) is 24.7 Å². The van der Waals surface area contributed by atoms with Crippen LogP contribution >= 0.6 is 24.0 Å². The van der Waals surface area contributed by atoms with Gasteiger partial charge in [0.1, 0.15) is 5.82 Å². The van der Waals surface area contributed by atoms with E-state index >= 15 is 0 Å². The van der Waals surface area contributed by atoms with Gasteiger partial charge in [0.25, 0.3) is 0 Å². The summed E-state index contributed by atoms with van der Waals surface area (Å²) in [6.45, 7) is 0.313. The number of hydrogen-bond donors (Lipinski definition) is 2. The third-order valence-corrected chi connectivity index (χ3v) is 4.56. The van der Waals surface area contributed by atoms with Crippen LogP contribution in [0.15, 0.2) is 29.3 Å². The summed E-state index contributed by atoms with van der Waals surface area (Å²) in [4.78, 5) is 7.51. The molecule has 0 radical (unpaired) electrons. The largest absolute Gasteiger partial charge is 0.401 e. The molecule has 2 unspecified atom stereocenters. The van der Waals surface area contributed by atoms with Crippen molar-refractivity contribution < 1.29 is 17.6 Å². The summed E-state index contributed by atoms with van der Waals surface area (Å²) in [6.07, 6.45) is -3.56. The SMILES string of the molecule is CN=C(NCC(c1cccc(F)c1)N(C)C)NC1CCN(CC(F)(F)F)C1.I. The van der Waals surface area contributed by atoms with E-state index in [9.17, 15) is 17.6 Å². The predicted molar refractivity (Wildman–Crippen MR) is 114 cm³/mol. The van der Waals surface area contributed by atoms with Crippen LogP contribution in [0, 0.1) is 5.82 Å². The number of guanidine groups is 1. The molecule has 160 valence electrons. The number of likely N-dealkylation sites (tertiary alicyclic amines) is 1. The molecule has 1 heterocycles. The average Bonchev–Trinajstić information content (AvgIpc) is 2.98. The number of aliphatic imine (C=N–C) groups is 1. The van der Waals surface area contributed by atoms with E-state index in [2.05, 4.69) is 15.6 Å². The minimum atomic E-state index is -4.18. The van der Waals surface area contributed by atoms with E-state index < -0.39 is 12.7 Å². The molecule has 0 bridgehead atoms. The smallest absolute Gasteiger partial charge is 0.354 e. The first kappa shape index (κ1) is 24.9. The molecule has 1 fully saturated rings. The lowest BCUT2D eigenvalue weighted by molar-refractivity contribution is -0.143. The van der Waals surface area contributed by atoms with Crippen molar-refractivity contribution in [3.8, 4) is 0 Å². The molecule has 2 atom stereocenters. The molecule has 0 aromatic heterocycles. The highest BCUT2D eigenvalue weighted by molar-refractivity contribution is 14.0. The number of benzene rings is 1. The molecule has 5 nitrogen and oxygen atoms in total. The van der Waals surface area contributed by atoms with E-state index in [0.717, 1.165) is 5.56 Å². The van der Waals surface area contributed by atoms with E-state index in [1.807, 2.05) is 25.1 Å². The molecule has 0 saturated carbocycles. The Morgan fingerprint density at radius 2 is 2.07 bits per heavy atom. The van der Waals surface area contributed by atoms with Gasteiger partial charge in [-0.1, -0.05) is 12.1 Å². The number of likely N-dealkylation sites (N-methyl/N-ethyl adjacent to an activating group) is 1. The molecular formula is C18H28F4IN5. The number of nitrogens with one attached hydrogen (secondary N) is 2. The number of nitrogens with zero attached hydrogens (tertiary/aromatic N) is 3. The fraction of sp³-hybridized carbons (Fsp3) is 0.611. The first-order valence-corrected chi connectivity index (χ1v) is 8.86. The molecule has 0 amide bonds. The predicted octanol–water partition coefficient (Wildman–Crippen LogP) is 2.85. The van der Waals surface area contributed by atoms with Crippen LogP contribution in [0.5, 0.6) is 0 Å². The lowest BCUT2D eigenvalue weighted by Gasteiger charge is -2.27. The zero-order chi connectivity index (χ0) is 20.0. The van der Waals surface area contributed by atoms with Crippen molar-refractivity contribution in [2.75, 3.05) is 47.3 Å². The van der Waals surface area contributed by atoms with E-state index in [1.54, 1.807) is 13.1 Å². The highest BCUT2D eigenvalue weighted by Gasteiger charge is 2.34. The van der Waals surface area contributed by atoms with Crippen molar-refractivity contribution in [1.29, 1.82) is 0 Å². The standard InChI is InChI=1S/C18H27F4N5.HI/c1-23-17(25-15-7-8-27(11-15)12-18(20,21)22)24-10-16(26(2)3)13-5-4-6-14(19)9-13;/h4-6,9,15-16H,7-8,10-12H2,1-3H3,(H2,23,24,25);1H. The van der Waals surface area contributed by atoms with Gasteiger partial charge in [0.2, 0.25) is 0 Å². The number of rotatable bonds is 6. The van der Waals surface area contributed by atoms with Crippen molar-refractivity contribution >= 4 is 29.9 Å². The second-order valence-electron chi connectivity index (χ2n) is 6.97. The Morgan fingerprint density at radius 1 is 1.36 bits per heavy atom. The molecule has 2 rings (SSSR count). The second kappa shape index (κ2) is 11.1. The van der Waals surface area contributed by atoms with Crippen molar-refractivity contribution in [2.24, 2.45) is 4.99 Å². The maximum absolute atomic E-state index is 13.5. The molecule has 1 aromatic rings. The van der Waals surface area contributed by atoms with Crippen molar-refractivity contribution in [3.63, 3.8) is 0 Å². The van der Waals surface area contributed by atoms with Crippen LogP contribution in [0.1, 0.15) is 18.0 Å². The van der Waals surface area contributed by atoms with Gasteiger partial charge in [0.15, 0.2) is 5.96 Å². The van der Waals surface area contributed by atoms with Crippen LogP contribution in [-0.2, 0) is 0 Å². The molecule has 0 spiro atoms. The Bertz CT molecular complexity index is 639. The van der Waals surface area contributed by atoms with E-state index in [0.29, 0.717) is 32.0 Å². The van der Waals surface area contributed by atoms with Gasteiger partial charge in [-0.2, -0.15) is 13.2 Å². The molecule has 1 saturated heterocycles. The molecule has 28 heavy (non-hydrogen) atoms. The minimum absolute atomic E-state index is 0. The first-order chi connectivity index (χ1) is 12.7. The molecule has 0 aliphatic carbocycles. The summed E-state index contributed by atoms with van der Waals surface area (Å²) >= 11 is 0. The first-order valence-electron chi connectivity index (χ1n) is 8.86. The second-order valence-corrected chi connectivity index (χ2v) is 6.97. The molecule has 2 N–H and O–H groups in total. The van der Waals surface area contributed by atoms with Crippen LogP contribution < -0.4 is 10.6 Å². The van der Waals surface area contributed by atoms with Gasteiger partial charge >= 0.3 is 6.18 Å². The summed E-state index contributed by atoms with van der Waals surface area (Å²) in [6, 6.07) is 6.25. The van der Waals surface area contributed by atoms with Crippen LogP contribution in [0.2, 0.25) is 0 Å². The van der Waals surface area contributed by atoms with Crippen LogP contribution in [0.4, 0.5) is 17.6 Å². The third-order valence-electron chi connectivity index (χ3n) is 4.56. The Kier molecular flexibility index (Phi) is 9.91. The fourth-order valence-corrected chi connectivity index (χ4v) is 3.24.